The van der Waals surface area contributed by atoms with Crippen LogP contribution in [0.15, 0.2) is 26.4 Å². The number of pyridine rings is 1. The van der Waals surface area contributed by atoms with Crippen molar-refractivity contribution in [2.75, 3.05) is 4.72 Å². The smallest absolute Gasteiger partial charge is 0.276 e. The van der Waals surface area contributed by atoms with Crippen molar-refractivity contribution in [3.8, 4) is 0 Å². The van der Waals surface area contributed by atoms with Crippen LogP contribution in [0, 0.1) is 6.92 Å². The molecular formula is C9H9Br2N5O2S. The predicted molar refractivity (Wildman–Crippen MR) is 76.2 cm³/mol. The van der Waals surface area contributed by atoms with Gasteiger partial charge in [-0.05, 0) is 50.9 Å². The highest BCUT2D eigenvalue weighted by molar-refractivity contribution is 9.10. The van der Waals surface area contributed by atoms with Crippen molar-refractivity contribution in [3.63, 3.8) is 0 Å². The van der Waals surface area contributed by atoms with Gasteiger partial charge in [0, 0.05) is 7.05 Å². The van der Waals surface area contributed by atoms with Gasteiger partial charge in [-0.25, -0.2) is 9.67 Å². The van der Waals surface area contributed by atoms with E-state index in [0.29, 0.717) is 16.0 Å². The Balaban J connectivity index is 2.42. The normalized spacial score (nSPS) is 11.6. The summed E-state index contributed by atoms with van der Waals surface area (Å²) in [4.78, 5) is 4.12. The Kier molecular flexibility index (Phi) is 3.92. The first-order valence-corrected chi connectivity index (χ1v) is 8.09. The molecule has 19 heavy (non-hydrogen) atoms. The van der Waals surface area contributed by atoms with Crippen LogP contribution in [-0.4, -0.2) is 28.4 Å². The van der Waals surface area contributed by atoms with Crippen LogP contribution in [0.3, 0.4) is 0 Å². The zero-order valence-corrected chi connectivity index (χ0v) is 13.9. The van der Waals surface area contributed by atoms with Crippen LogP contribution in [0.2, 0.25) is 0 Å². The van der Waals surface area contributed by atoms with Gasteiger partial charge in [0.2, 0.25) is 5.03 Å². The number of aryl methyl sites for hydroxylation is 2. The second-order valence-electron chi connectivity index (χ2n) is 3.68. The van der Waals surface area contributed by atoms with E-state index in [1.54, 1.807) is 19.1 Å². The van der Waals surface area contributed by atoms with E-state index in [9.17, 15) is 8.42 Å². The van der Waals surface area contributed by atoms with Crippen LogP contribution in [0.1, 0.15) is 5.69 Å². The van der Waals surface area contributed by atoms with Gasteiger partial charge in [-0.1, -0.05) is 5.21 Å². The quantitative estimate of drug-likeness (QED) is 0.779. The summed E-state index contributed by atoms with van der Waals surface area (Å²) in [6.07, 6.45) is 0. The molecule has 0 amide bonds. The minimum atomic E-state index is -3.78. The van der Waals surface area contributed by atoms with E-state index in [4.69, 9.17) is 0 Å². The van der Waals surface area contributed by atoms with E-state index in [1.165, 1.54) is 11.7 Å². The standard InChI is InChI=1S/C9H9Br2N5O2S/c1-5-6(3-4-7(10)12-5)14-19(17,18)9-8(11)13-15-16(9)2/h3-4,14H,1-2H3. The molecule has 0 fully saturated rings. The fraction of sp³-hybridized carbons (Fsp3) is 0.222. The molecule has 0 bridgehead atoms. The summed E-state index contributed by atoms with van der Waals surface area (Å²) in [5.41, 5.74) is 0.959. The molecule has 2 heterocycles. The van der Waals surface area contributed by atoms with E-state index >= 15 is 0 Å². The molecule has 7 nitrogen and oxygen atoms in total. The Morgan fingerprint density at radius 2 is 2.00 bits per heavy atom. The molecule has 1 N–H and O–H groups in total. The number of sulfonamides is 1. The van der Waals surface area contributed by atoms with Crippen molar-refractivity contribution < 1.29 is 8.42 Å². The summed E-state index contributed by atoms with van der Waals surface area (Å²) in [7, 11) is -2.28. The molecule has 10 heteroatoms. The summed E-state index contributed by atoms with van der Waals surface area (Å²) >= 11 is 6.28. The molecule has 102 valence electrons. The summed E-state index contributed by atoms with van der Waals surface area (Å²) < 4.78 is 28.9. The van der Waals surface area contributed by atoms with Gasteiger partial charge in [-0.3, -0.25) is 4.72 Å². The lowest BCUT2D eigenvalue weighted by molar-refractivity contribution is 0.578. The maximum atomic E-state index is 12.3. The number of hydrogen-bond donors (Lipinski definition) is 1. The van der Waals surface area contributed by atoms with Crippen molar-refractivity contribution in [3.05, 3.63) is 27.0 Å². The van der Waals surface area contributed by atoms with Crippen molar-refractivity contribution in [2.45, 2.75) is 11.9 Å². The lowest BCUT2D eigenvalue weighted by Crippen LogP contribution is -2.18. The SMILES string of the molecule is Cc1nc(Br)ccc1NS(=O)(=O)c1c(Br)nnn1C. The van der Waals surface area contributed by atoms with Gasteiger partial charge in [0.05, 0.1) is 11.4 Å². The topological polar surface area (TPSA) is 89.8 Å². The average Bonchev–Trinajstić information content (AvgIpc) is 2.63. The Bertz CT molecular complexity index is 709. The number of anilines is 1. The second kappa shape index (κ2) is 5.17. The zero-order valence-electron chi connectivity index (χ0n) is 9.92. The molecule has 0 atom stereocenters. The Morgan fingerprint density at radius 1 is 1.32 bits per heavy atom. The van der Waals surface area contributed by atoms with Crippen molar-refractivity contribution in [2.24, 2.45) is 7.05 Å². The number of nitrogens with one attached hydrogen (secondary N) is 1. The van der Waals surface area contributed by atoms with Gasteiger partial charge >= 0.3 is 0 Å². The van der Waals surface area contributed by atoms with Crippen LogP contribution in [-0.2, 0) is 17.1 Å². The number of nitrogens with zero attached hydrogens (tertiary/aromatic N) is 4. The van der Waals surface area contributed by atoms with Gasteiger partial charge < -0.3 is 0 Å². The zero-order chi connectivity index (χ0) is 14.2. The van der Waals surface area contributed by atoms with Crippen LogP contribution < -0.4 is 4.72 Å². The van der Waals surface area contributed by atoms with Gasteiger partial charge in [0.1, 0.15) is 4.60 Å². The van der Waals surface area contributed by atoms with Crippen molar-refractivity contribution in [1.29, 1.82) is 0 Å². The van der Waals surface area contributed by atoms with Gasteiger partial charge in [0.25, 0.3) is 10.0 Å². The van der Waals surface area contributed by atoms with Crippen LogP contribution in [0.4, 0.5) is 5.69 Å². The Labute approximate surface area is 126 Å². The fourth-order valence-corrected chi connectivity index (χ4v) is 4.05. The van der Waals surface area contributed by atoms with E-state index in [0.717, 1.165) is 0 Å². The third kappa shape index (κ3) is 2.95. The first kappa shape index (κ1) is 14.4. The van der Waals surface area contributed by atoms with E-state index in [-0.39, 0.29) is 9.63 Å². The lowest BCUT2D eigenvalue weighted by Gasteiger charge is -2.10. The van der Waals surface area contributed by atoms with Gasteiger partial charge in [-0.2, -0.15) is 8.42 Å². The third-order valence-corrected chi connectivity index (χ3v) is 4.98. The van der Waals surface area contributed by atoms with E-state index in [1.807, 2.05) is 0 Å². The summed E-state index contributed by atoms with van der Waals surface area (Å²) in [6.45, 7) is 1.71. The summed E-state index contributed by atoms with van der Waals surface area (Å²) in [6, 6.07) is 3.28. The molecule has 0 spiro atoms. The first-order chi connectivity index (χ1) is 8.81. The average molecular weight is 411 g/mol. The molecule has 0 aromatic carbocycles. The first-order valence-electron chi connectivity index (χ1n) is 5.02. The molecule has 0 saturated carbocycles. The molecule has 0 aliphatic heterocycles. The fourth-order valence-electron chi connectivity index (χ4n) is 1.44. The van der Waals surface area contributed by atoms with E-state index in [2.05, 4.69) is 51.9 Å². The molecule has 0 aliphatic rings. The predicted octanol–water partition coefficient (Wildman–Crippen LogP) is 1.84. The van der Waals surface area contributed by atoms with Gasteiger partial charge in [-0.15, -0.1) is 5.10 Å². The van der Waals surface area contributed by atoms with Crippen LogP contribution in [0.25, 0.3) is 0 Å². The minimum Gasteiger partial charge on any atom is -0.276 e. The summed E-state index contributed by atoms with van der Waals surface area (Å²) in [5, 5.41) is 7.24. The Morgan fingerprint density at radius 3 is 2.53 bits per heavy atom. The largest absolute Gasteiger partial charge is 0.281 e. The van der Waals surface area contributed by atoms with Gasteiger partial charge in [0.15, 0.2) is 4.60 Å². The minimum absolute atomic E-state index is 0.0465. The van der Waals surface area contributed by atoms with Crippen LogP contribution in [0.5, 0.6) is 0 Å². The highest BCUT2D eigenvalue weighted by atomic mass is 79.9. The number of halogens is 2. The van der Waals surface area contributed by atoms with Crippen LogP contribution >= 0.6 is 31.9 Å². The maximum Gasteiger partial charge on any atom is 0.281 e. The highest BCUT2D eigenvalue weighted by Gasteiger charge is 2.24. The van der Waals surface area contributed by atoms with Crippen molar-refractivity contribution >= 4 is 47.6 Å². The maximum absolute atomic E-state index is 12.3. The molecular weight excluding hydrogens is 402 g/mol. The number of aromatic nitrogens is 4. The highest BCUT2D eigenvalue weighted by Crippen LogP contribution is 2.23. The molecule has 0 saturated heterocycles. The lowest BCUT2D eigenvalue weighted by atomic mass is 10.3. The molecule has 2 aromatic heterocycles. The monoisotopic (exact) mass is 409 g/mol. The molecule has 0 unspecified atom stereocenters. The Hall–Kier alpha value is -1.00. The van der Waals surface area contributed by atoms with E-state index < -0.39 is 10.0 Å². The summed E-state index contributed by atoms with van der Waals surface area (Å²) in [5.74, 6) is 0. The number of rotatable bonds is 3. The van der Waals surface area contributed by atoms with Crippen molar-refractivity contribution in [1.82, 2.24) is 20.0 Å². The number of hydrogen-bond acceptors (Lipinski definition) is 5. The molecule has 2 aromatic rings. The third-order valence-electron chi connectivity index (χ3n) is 2.29. The molecule has 0 radical (unpaired) electrons. The molecule has 2 rings (SSSR count). The second-order valence-corrected chi connectivity index (χ2v) is 6.84. The molecule has 0 aliphatic carbocycles.